The van der Waals surface area contributed by atoms with Gasteiger partial charge in [-0.1, -0.05) is 26.7 Å². The molecule has 0 aliphatic rings. The molecule has 1 unspecified atom stereocenters. The molecule has 0 aromatic carbocycles. The monoisotopic (exact) mass is 209 g/mol. The number of aryl methyl sites for hydroxylation is 2. The molecule has 0 fully saturated rings. The molecule has 3 nitrogen and oxygen atoms in total. The van der Waals surface area contributed by atoms with Gasteiger partial charge in [-0.25, -0.2) is 0 Å². The summed E-state index contributed by atoms with van der Waals surface area (Å²) in [6.07, 6.45) is 6.31. The van der Waals surface area contributed by atoms with Gasteiger partial charge >= 0.3 is 0 Å². The lowest BCUT2D eigenvalue weighted by atomic mass is 9.91. The Balaban J connectivity index is 2.40. The number of nitrogens with two attached hydrogens (primary N) is 1. The maximum absolute atomic E-state index is 6.18. The van der Waals surface area contributed by atoms with Crippen LogP contribution < -0.4 is 5.73 Å². The second kappa shape index (κ2) is 5.91. The van der Waals surface area contributed by atoms with Crippen molar-refractivity contribution in [1.29, 1.82) is 0 Å². The Morgan fingerprint density at radius 2 is 2.07 bits per heavy atom. The third-order valence-electron chi connectivity index (χ3n) is 3.31. The van der Waals surface area contributed by atoms with Gasteiger partial charge in [-0.15, -0.1) is 0 Å². The smallest absolute Gasteiger partial charge is 0.0492 e. The maximum atomic E-state index is 6.18. The van der Waals surface area contributed by atoms with Crippen molar-refractivity contribution in [2.75, 3.05) is 0 Å². The predicted octanol–water partition coefficient (Wildman–Crippen LogP) is 2.12. The van der Waals surface area contributed by atoms with Crippen LogP contribution in [0.4, 0.5) is 0 Å². The van der Waals surface area contributed by atoms with Gasteiger partial charge in [0.1, 0.15) is 0 Å². The summed E-state index contributed by atoms with van der Waals surface area (Å²) in [4.78, 5) is 0. The van der Waals surface area contributed by atoms with Crippen molar-refractivity contribution in [3.8, 4) is 0 Å². The summed E-state index contributed by atoms with van der Waals surface area (Å²) in [5, 5.41) is 4.16. The Bertz CT molecular complexity index is 276. The van der Waals surface area contributed by atoms with E-state index in [1.807, 2.05) is 17.9 Å². The summed E-state index contributed by atoms with van der Waals surface area (Å²) >= 11 is 0. The highest BCUT2D eigenvalue weighted by molar-refractivity contribution is 5.00. The van der Waals surface area contributed by atoms with Gasteiger partial charge in [0.2, 0.25) is 0 Å². The van der Waals surface area contributed by atoms with Crippen molar-refractivity contribution in [2.45, 2.75) is 45.6 Å². The van der Waals surface area contributed by atoms with Gasteiger partial charge in [-0.2, -0.15) is 5.10 Å². The molecule has 15 heavy (non-hydrogen) atoms. The Morgan fingerprint density at radius 3 is 2.53 bits per heavy atom. The molecule has 0 aliphatic carbocycles. The predicted molar refractivity (Wildman–Crippen MR) is 63.6 cm³/mol. The highest BCUT2D eigenvalue weighted by Crippen LogP contribution is 2.15. The Morgan fingerprint density at radius 1 is 1.40 bits per heavy atom. The Labute approximate surface area is 92.7 Å². The van der Waals surface area contributed by atoms with Crippen LogP contribution in [0.5, 0.6) is 0 Å². The van der Waals surface area contributed by atoms with Gasteiger partial charge in [0.05, 0.1) is 0 Å². The van der Waals surface area contributed by atoms with E-state index in [1.54, 1.807) is 0 Å². The topological polar surface area (TPSA) is 43.8 Å². The van der Waals surface area contributed by atoms with E-state index < -0.39 is 0 Å². The molecule has 0 saturated carbocycles. The molecule has 0 radical (unpaired) electrons. The van der Waals surface area contributed by atoms with Crippen LogP contribution in [0.2, 0.25) is 0 Å². The first kappa shape index (κ1) is 12.2. The van der Waals surface area contributed by atoms with Crippen LogP contribution in [0.15, 0.2) is 12.3 Å². The van der Waals surface area contributed by atoms with E-state index in [9.17, 15) is 0 Å². The molecule has 0 saturated heterocycles. The summed E-state index contributed by atoms with van der Waals surface area (Å²) in [6.45, 7) is 4.44. The molecular weight excluding hydrogens is 186 g/mol. The highest BCUT2D eigenvalue weighted by Gasteiger charge is 2.14. The standard InChI is InChI=1S/C12H23N3/c1-4-10(5-2)12(13)7-6-11-8-9-14-15(11)3/h8-10,12H,4-7,13H2,1-3H3. The van der Waals surface area contributed by atoms with E-state index in [2.05, 4.69) is 25.0 Å². The summed E-state index contributed by atoms with van der Waals surface area (Å²) in [5.41, 5.74) is 7.45. The van der Waals surface area contributed by atoms with Gasteiger partial charge in [-0.3, -0.25) is 4.68 Å². The average molecular weight is 209 g/mol. The van der Waals surface area contributed by atoms with E-state index in [1.165, 1.54) is 18.5 Å². The fourth-order valence-electron chi connectivity index (χ4n) is 2.09. The van der Waals surface area contributed by atoms with Crippen molar-refractivity contribution < 1.29 is 0 Å². The van der Waals surface area contributed by atoms with Crippen LogP contribution >= 0.6 is 0 Å². The Hall–Kier alpha value is -0.830. The van der Waals surface area contributed by atoms with Gasteiger partial charge in [0, 0.05) is 25.0 Å². The zero-order valence-electron chi connectivity index (χ0n) is 10.1. The minimum Gasteiger partial charge on any atom is -0.327 e. The molecule has 0 aliphatic heterocycles. The van der Waals surface area contributed by atoms with Crippen molar-refractivity contribution in [3.63, 3.8) is 0 Å². The second-order valence-electron chi connectivity index (χ2n) is 4.23. The molecule has 1 rings (SSSR count). The average Bonchev–Trinajstić information content (AvgIpc) is 2.63. The third kappa shape index (κ3) is 3.34. The minimum atomic E-state index is 0.329. The van der Waals surface area contributed by atoms with Crippen LogP contribution in [-0.2, 0) is 13.5 Å². The van der Waals surface area contributed by atoms with E-state index in [0.717, 1.165) is 12.8 Å². The van der Waals surface area contributed by atoms with Crippen molar-refractivity contribution in [1.82, 2.24) is 9.78 Å². The van der Waals surface area contributed by atoms with E-state index in [-0.39, 0.29) is 0 Å². The first-order valence-corrected chi connectivity index (χ1v) is 5.91. The van der Waals surface area contributed by atoms with Crippen LogP contribution in [-0.4, -0.2) is 15.8 Å². The maximum Gasteiger partial charge on any atom is 0.0492 e. The largest absolute Gasteiger partial charge is 0.327 e. The SMILES string of the molecule is CCC(CC)C(N)CCc1ccnn1C. The fraction of sp³-hybridized carbons (Fsp3) is 0.750. The van der Waals surface area contributed by atoms with Crippen molar-refractivity contribution in [3.05, 3.63) is 18.0 Å². The summed E-state index contributed by atoms with van der Waals surface area (Å²) in [6, 6.07) is 2.40. The van der Waals surface area contributed by atoms with Gasteiger partial charge < -0.3 is 5.73 Å². The zero-order valence-corrected chi connectivity index (χ0v) is 10.1. The zero-order chi connectivity index (χ0) is 11.3. The van der Waals surface area contributed by atoms with Gasteiger partial charge in [-0.05, 0) is 24.8 Å². The molecule has 1 heterocycles. The van der Waals surface area contributed by atoms with E-state index in [4.69, 9.17) is 5.73 Å². The molecule has 0 spiro atoms. The molecule has 1 aromatic rings. The summed E-state index contributed by atoms with van der Waals surface area (Å²) in [7, 11) is 1.98. The second-order valence-corrected chi connectivity index (χ2v) is 4.23. The number of hydrogen-bond donors (Lipinski definition) is 1. The minimum absolute atomic E-state index is 0.329. The van der Waals surface area contributed by atoms with Crippen LogP contribution in [0, 0.1) is 5.92 Å². The summed E-state index contributed by atoms with van der Waals surface area (Å²) < 4.78 is 1.93. The van der Waals surface area contributed by atoms with Crippen LogP contribution in [0.3, 0.4) is 0 Å². The molecular formula is C12H23N3. The lowest BCUT2D eigenvalue weighted by Crippen LogP contribution is -2.30. The lowest BCUT2D eigenvalue weighted by molar-refractivity contribution is 0.376. The number of hydrogen-bond acceptors (Lipinski definition) is 2. The molecule has 0 bridgehead atoms. The van der Waals surface area contributed by atoms with Gasteiger partial charge in [0.25, 0.3) is 0 Å². The first-order valence-electron chi connectivity index (χ1n) is 5.91. The molecule has 2 N–H and O–H groups in total. The third-order valence-corrected chi connectivity index (χ3v) is 3.31. The van der Waals surface area contributed by atoms with E-state index >= 15 is 0 Å². The van der Waals surface area contributed by atoms with E-state index in [0.29, 0.717) is 12.0 Å². The normalized spacial score (nSPS) is 13.4. The number of aromatic nitrogens is 2. The number of rotatable bonds is 6. The molecule has 86 valence electrons. The van der Waals surface area contributed by atoms with Crippen LogP contribution in [0.1, 0.15) is 38.8 Å². The molecule has 1 atom stereocenters. The quantitative estimate of drug-likeness (QED) is 0.780. The first-order chi connectivity index (χ1) is 7.19. The lowest BCUT2D eigenvalue weighted by Gasteiger charge is -2.20. The van der Waals surface area contributed by atoms with Crippen molar-refractivity contribution in [2.24, 2.45) is 18.7 Å². The van der Waals surface area contributed by atoms with Crippen LogP contribution in [0.25, 0.3) is 0 Å². The molecule has 0 amide bonds. The molecule has 3 heteroatoms. The summed E-state index contributed by atoms with van der Waals surface area (Å²) in [5.74, 6) is 0.665. The Kier molecular flexibility index (Phi) is 4.82. The highest BCUT2D eigenvalue weighted by atomic mass is 15.2. The fourth-order valence-corrected chi connectivity index (χ4v) is 2.09. The number of nitrogens with zero attached hydrogens (tertiary/aromatic N) is 2. The van der Waals surface area contributed by atoms with Crippen molar-refractivity contribution >= 4 is 0 Å². The molecule has 1 aromatic heterocycles. The van der Waals surface area contributed by atoms with Gasteiger partial charge in [0.15, 0.2) is 0 Å².